The van der Waals surface area contributed by atoms with Crippen molar-refractivity contribution in [2.75, 3.05) is 13.1 Å². The second-order valence-corrected chi connectivity index (χ2v) is 5.75. The molecule has 6 nitrogen and oxygen atoms in total. The van der Waals surface area contributed by atoms with Gasteiger partial charge in [0.2, 0.25) is 17.7 Å². The van der Waals surface area contributed by atoms with E-state index in [-0.39, 0.29) is 43.3 Å². The Morgan fingerprint density at radius 1 is 1.00 bits per heavy atom. The predicted molar refractivity (Wildman–Crippen MR) is 73.4 cm³/mol. The third-order valence-corrected chi connectivity index (χ3v) is 2.21. The summed E-state index contributed by atoms with van der Waals surface area (Å²) in [5.74, 6) is -0.576. The molecule has 0 aliphatic rings. The Labute approximate surface area is 114 Å². The molecule has 0 rings (SSSR count). The maximum Gasteiger partial charge on any atom is 0.239 e. The molecule has 19 heavy (non-hydrogen) atoms. The van der Waals surface area contributed by atoms with Gasteiger partial charge in [0, 0.05) is 24.4 Å². The molecule has 0 saturated carbocycles. The van der Waals surface area contributed by atoms with Crippen molar-refractivity contribution in [2.24, 2.45) is 5.41 Å². The zero-order valence-electron chi connectivity index (χ0n) is 12.4. The first-order valence-corrected chi connectivity index (χ1v) is 6.47. The molecule has 0 unspecified atom stereocenters. The maximum absolute atomic E-state index is 11.5. The molecular weight excluding hydrogens is 246 g/mol. The van der Waals surface area contributed by atoms with Gasteiger partial charge in [-0.2, -0.15) is 0 Å². The average Bonchev–Trinajstić information content (AvgIpc) is 2.24. The fourth-order valence-electron chi connectivity index (χ4n) is 1.19. The van der Waals surface area contributed by atoms with Gasteiger partial charge in [-0.1, -0.05) is 20.8 Å². The molecule has 3 amide bonds. The molecule has 0 aliphatic carbocycles. The van der Waals surface area contributed by atoms with Crippen LogP contribution in [-0.4, -0.2) is 36.9 Å². The summed E-state index contributed by atoms with van der Waals surface area (Å²) in [6.07, 6.45) is 0.163. The lowest BCUT2D eigenvalue weighted by Crippen LogP contribution is -2.41. The van der Waals surface area contributed by atoms with E-state index in [9.17, 15) is 14.4 Å². The van der Waals surface area contributed by atoms with Crippen LogP contribution in [-0.2, 0) is 14.4 Å². The molecule has 0 radical (unpaired) electrons. The minimum Gasteiger partial charge on any atom is -0.355 e. The summed E-state index contributed by atoms with van der Waals surface area (Å²) in [5, 5.41) is 7.84. The quantitative estimate of drug-likeness (QED) is 0.644. The van der Waals surface area contributed by atoms with Gasteiger partial charge in [0.1, 0.15) is 0 Å². The van der Waals surface area contributed by atoms with Crippen LogP contribution in [0.15, 0.2) is 0 Å². The van der Waals surface area contributed by atoms with Gasteiger partial charge < -0.3 is 16.0 Å². The van der Waals surface area contributed by atoms with Gasteiger partial charge in [0.05, 0.1) is 6.54 Å². The van der Waals surface area contributed by atoms with Gasteiger partial charge >= 0.3 is 0 Å². The van der Waals surface area contributed by atoms with Gasteiger partial charge in [-0.3, -0.25) is 14.4 Å². The van der Waals surface area contributed by atoms with Crippen molar-refractivity contribution in [2.45, 2.75) is 47.1 Å². The molecule has 0 spiro atoms. The summed E-state index contributed by atoms with van der Waals surface area (Å²) in [4.78, 5) is 34.2. The number of hydrogen-bond acceptors (Lipinski definition) is 3. The Kier molecular flexibility index (Phi) is 7.11. The van der Waals surface area contributed by atoms with Crippen LogP contribution in [0.5, 0.6) is 0 Å². The van der Waals surface area contributed by atoms with Crippen LogP contribution in [0.25, 0.3) is 0 Å². The number of amides is 3. The molecule has 0 atom stereocenters. The second kappa shape index (κ2) is 7.76. The average molecular weight is 271 g/mol. The number of carbonyl (C=O) groups is 3. The lowest BCUT2D eigenvalue weighted by molar-refractivity contribution is -0.129. The third-order valence-electron chi connectivity index (χ3n) is 2.21. The predicted octanol–water partition coefficient (Wildman–Crippen LogP) is 0.180. The Bertz CT molecular complexity index is 333. The summed E-state index contributed by atoms with van der Waals surface area (Å²) in [5.41, 5.74) is -0.465. The van der Waals surface area contributed by atoms with Gasteiger partial charge in [-0.15, -0.1) is 0 Å². The highest BCUT2D eigenvalue weighted by atomic mass is 16.2. The molecule has 0 fully saturated rings. The van der Waals surface area contributed by atoms with Crippen molar-refractivity contribution in [1.29, 1.82) is 0 Å². The highest BCUT2D eigenvalue weighted by Crippen LogP contribution is 2.11. The first kappa shape index (κ1) is 17.4. The summed E-state index contributed by atoms with van der Waals surface area (Å²) < 4.78 is 0. The van der Waals surface area contributed by atoms with E-state index in [4.69, 9.17) is 0 Å². The fraction of sp³-hybridized carbons (Fsp3) is 0.769. The molecule has 0 saturated heterocycles. The Morgan fingerprint density at radius 3 is 2.05 bits per heavy atom. The van der Waals surface area contributed by atoms with E-state index in [0.717, 1.165) is 0 Å². The SMILES string of the molecule is CC(C)NC(=O)CNC(=O)CCNC(=O)C(C)(C)C. The van der Waals surface area contributed by atoms with Gasteiger partial charge in [-0.05, 0) is 13.8 Å². The number of hydrogen-bond donors (Lipinski definition) is 3. The molecule has 0 aromatic heterocycles. The minimum atomic E-state index is -0.465. The molecule has 3 N–H and O–H groups in total. The van der Waals surface area contributed by atoms with Crippen LogP contribution in [0.4, 0.5) is 0 Å². The molecule has 0 heterocycles. The molecular formula is C13H25N3O3. The fourth-order valence-corrected chi connectivity index (χ4v) is 1.19. The van der Waals surface area contributed by atoms with Crippen molar-refractivity contribution < 1.29 is 14.4 Å². The first-order chi connectivity index (χ1) is 8.62. The highest BCUT2D eigenvalue weighted by molar-refractivity contribution is 5.85. The molecule has 0 aromatic rings. The monoisotopic (exact) mass is 271 g/mol. The topological polar surface area (TPSA) is 87.3 Å². The number of rotatable bonds is 6. The normalized spacial score (nSPS) is 11.1. The van der Waals surface area contributed by atoms with E-state index in [2.05, 4.69) is 16.0 Å². The van der Waals surface area contributed by atoms with Gasteiger partial charge in [0.15, 0.2) is 0 Å². The van der Waals surface area contributed by atoms with Crippen LogP contribution in [0.1, 0.15) is 41.0 Å². The molecule has 110 valence electrons. The summed E-state index contributed by atoms with van der Waals surface area (Å²) in [6.45, 7) is 9.34. The smallest absolute Gasteiger partial charge is 0.239 e. The Morgan fingerprint density at radius 2 is 1.58 bits per heavy atom. The zero-order chi connectivity index (χ0) is 15.1. The standard InChI is InChI=1S/C13H25N3O3/c1-9(2)16-11(18)8-15-10(17)6-7-14-12(19)13(3,4)5/h9H,6-8H2,1-5H3,(H,14,19)(H,15,17)(H,16,18). The molecule has 0 aromatic carbocycles. The Hall–Kier alpha value is -1.59. The van der Waals surface area contributed by atoms with Crippen molar-refractivity contribution in [3.8, 4) is 0 Å². The minimum absolute atomic E-state index is 0.0375. The lowest BCUT2D eigenvalue weighted by atomic mass is 9.96. The van der Waals surface area contributed by atoms with Crippen LogP contribution >= 0.6 is 0 Å². The van der Waals surface area contributed by atoms with E-state index in [1.807, 2.05) is 13.8 Å². The summed E-state index contributed by atoms with van der Waals surface area (Å²) in [7, 11) is 0. The van der Waals surface area contributed by atoms with Crippen LogP contribution < -0.4 is 16.0 Å². The van der Waals surface area contributed by atoms with Crippen LogP contribution in [0.2, 0.25) is 0 Å². The van der Waals surface area contributed by atoms with E-state index in [1.54, 1.807) is 20.8 Å². The highest BCUT2D eigenvalue weighted by Gasteiger charge is 2.20. The van der Waals surface area contributed by atoms with E-state index in [0.29, 0.717) is 0 Å². The van der Waals surface area contributed by atoms with E-state index < -0.39 is 5.41 Å². The van der Waals surface area contributed by atoms with Crippen molar-refractivity contribution >= 4 is 17.7 Å². The van der Waals surface area contributed by atoms with E-state index in [1.165, 1.54) is 0 Å². The molecule has 0 bridgehead atoms. The molecule has 6 heteroatoms. The third kappa shape index (κ3) is 9.04. The zero-order valence-corrected chi connectivity index (χ0v) is 12.4. The van der Waals surface area contributed by atoms with Gasteiger partial charge in [-0.25, -0.2) is 0 Å². The lowest BCUT2D eigenvalue weighted by Gasteiger charge is -2.17. The summed E-state index contributed by atoms with van der Waals surface area (Å²) in [6, 6.07) is 0.0514. The van der Waals surface area contributed by atoms with Crippen LogP contribution in [0.3, 0.4) is 0 Å². The van der Waals surface area contributed by atoms with Crippen LogP contribution in [0, 0.1) is 5.41 Å². The Balaban J connectivity index is 3.77. The summed E-state index contributed by atoms with van der Waals surface area (Å²) >= 11 is 0. The van der Waals surface area contributed by atoms with Gasteiger partial charge in [0.25, 0.3) is 0 Å². The van der Waals surface area contributed by atoms with Crippen molar-refractivity contribution in [3.05, 3.63) is 0 Å². The van der Waals surface area contributed by atoms with E-state index >= 15 is 0 Å². The van der Waals surface area contributed by atoms with Crippen molar-refractivity contribution in [1.82, 2.24) is 16.0 Å². The number of carbonyl (C=O) groups excluding carboxylic acids is 3. The largest absolute Gasteiger partial charge is 0.355 e. The second-order valence-electron chi connectivity index (χ2n) is 5.75. The number of nitrogens with one attached hydrogen (secondary N) is 3. The molecule has 0 aliphatic heterocycles. The van der Waals surface area contributed by atoms with Crippen molar-refractivity contribution in [3.63, 3.8) is 0 Å². The maximum atomic E-state index is 11.5. The first-order valence-electron chi connectivity index (χ1n) is 6.47.